The molecule has 2 aromatic carbocycles. The number of halogens is 3. The van der Waals surface area contributed by atoms with E-state index in [1.807, 2.05) is 26.1 Å². The van der Waals surface area contributed by atoms with Crippen LogP contribution >= 0.6 is 23.2 Å². The molecule has 1 aromatic heterocycles. The number of methoxy groups -OCH3 is 1. The minimum absolute atomic E-state index is 0.128. The summed E-state index contributed by atoms with van der Waals surface area (Å²) >= 11 is 12.7. The van der Waals surface area contributed by atoms with Crippen molar-refractivity contribution in [3.05, 3.63) is 74.4 Å². The van der Waals surface area contributed by atoms with E-state index in [1.165, 1.54) is 16.8 Å². The molecule has 0 N–H and O–H groups in total. The Labute approximate surface area is 203 Å². The van der Waals surface area contributed by atoms with Crippen LogP contribution in [0.3, 0.4) is 0 Å². The molecule has 0 saturated carbocycles. The summed E-state index contributed by atoms with van der Waals surface area (Å²) in [5.74, 6) is 0.387. The van der Waals surface area contributed by atoms with Crippen LogP contribution < -0.4 is 15.2 Å². The summed E-state index contributed by atoms with van der Waals surface area (Å²) in [6, 6.07) is 11.2. The molecule has 33 heavy (non-hydrogen) atoms. The van der Waals surface area contributed by atoms with Gasteiger partial charge < -0.3 is 9.64 Å². The van der Waals surface area contributed by atoms with Crippen molar-refractivity contribution in [2.24, 2.45) is 7.05 Å². The number of benzene rings is 2. The lowest BCUT2D eigenvalue weighted by Gasteiger charge is -2.31. The molecule has 3 aromatic rings. The van der Waals surface area contributed by atoms with E-state index in [-0.39, 0.29) is 22.4 Å². The summed E-state index contributed by atoms with van der Waals surface area (Å²) in [5.41, 5.74) is 1.84. The first kappa shape index (κ1) is 25.1. The molecule has 0 aliphatic heterocycles. The summed E-state index contributed by atoms with van der Waals surface area (Å²) in [6.45, 7) is 6.28. The molecule has 0 fully saturated rings. The Morgan fingerprint density at radius 1 is 1.12 bits per heavy atom. The van der Waals surface area contributed by atoms with Crippen LogP contribution in [0.25, 0.3) is 5.69 Å². The molecule has 9 heteroatoms. The minimum atomic E-state index is -0.363. The van der Waals surface area contributed by atoms with Gasteiger partial charge in [0.25, 0.3) is 5.56 Å². The zero-order chi connectivity index (χ0) is 24.3. The standard InChI is InChI=1S/C24H29Cl2FN4O2/c1-6-30(14-13-28(3)20-15-17(25)7-12-21(20)33-5)16(2)23-22(26)24(32)31(29(23)4)19-10-8-18(27)9-11-19/h7-12,15-16H,6,13-14H2,1-5H3. The Morgan fingerprint density at radius 2 is 1.79 bits per heavy atom. The predicted octanol–water partition coefficient (Wildman–Crippen LogP) is 5.15. The molecule has 0 saturated heterocycles. The maximum Gasteiger partial charge on any atom is 0.290 e. The second-order valence-electron chi connectivity index (χ2n) is 7.86. The minimum Gasteiger partial charge on any atom is -0.495 e. The van der Waals surface area contributed by atoms with Crippen molar-refractivity contribution in [3.63, 3.8) is 0 Å². The molecule has 1 heterocycles. The molecule has 0 radical (unpaired) electrons. The third-order valence-corrected chi connectivity index (χ3v) is 6.54. The van der Waals surface area contributed by atoms with Gasteiger partial charge >= 0.3 is 0 Å². The van der Waals surface area contributed by atoms with Crippen molar-refractivity contribution in [2.45, 2.75) is 19.9 Å². The highest BCUT2D eigenvalue weighted by Crippen LogP contribution is 2.31. The fourth-order valence-corrected chi connectivity index (χ4v) is 4.60. The SMILES string of the molecule is CCN(CCN(C)c1cc(Cl)ccc1OC)C(C)c1c(Cl)c(=O)n(-c2ccc(F)cc2)n1C. The van der Waals surface area contributed by atoms with E-state index in [2.05, 4.69) is 16.7 Å². The van der Waals surface area contributed by atoms with Crippen molar-refractivity contribution in [3.8, 4) is 11.4 Å². The molecular weight excluding hydrogens is 466 g/mol. The van der Waals surface area contributed by atoms with Gasteiger partial charge in [-0.2, -0.15) is 0 Å². The van der Waals surface area contributed by atoms with E-state index in [9.17, 15) is 9.18 Å². The van der Waals surface area contributed by atoms with Gasteiger partial charge in [0, 0.05) is 32.2 Å². The molecular formula is C24H29Cl2FN4O2. The van der Waals surface area contributed by atoms with Gasteiger partial charge in [-0.25, -0.2) is 9.07 Å². The third-order valence-electron chi connectivity index (χ3n) is 5.95. The number of likely N-dealkylation sites (N-methyl/N-ethyl adjacent to an activating group) is 2. The van der Waals surface area contributed by atoms with Gasteiger partial charge in [0.2, 0.25) is 0 Å². The van der Waals surface area contributed by atoms with Crippen molar-refractivity contribution in [1.82, 2.24) is 14.3 Å². The molecule has 0 aliphatic rings. The number of rotatable bonds is 9. The first-order valence-electron chi connectivity index (χ1n) is 10.7. The molecule has 178 valence electrons. The van der Waals surface area contributed by atoms with Crippen LogP contribution in [-0.4, -0.2) is 48.1 Å². The molecule has 0 spiro atoms. The summed E-state index contributed by atoms with van der Waals surface area (Å²) in [6.07, 6.45) is 0. The quantitative estimate of drug-likeness (QED) is 0.412. The average molecular weight is 495 g/mol. The lowest BCUT2D eigenvalue weighted by Crippen LogP contribution is -2.36. The molecule has 6 nitrogen and oxygen atoms in total. The average Bonchev–Trinajstić information content (AvgIpc) is 3.02. The first-order valence-corrected chi connectivity index (χ1v) is 11.5. The van der Waals surface area contributed by atoms with Crippen molar-refractivity contribution < 1.29 is 9.13 Å². The third kappa shape index (κ3) is 5.21. The largest absolute Gasteiger partial charge is 0.495 e. The van der Waals surface area contributed by atoms with Crippen LogP contribution in [-0.2, 0) is 7.05 Å². The topological polar surface area (TPSA) is 42.6 Å². The molecule has 3 rings (SSSR count). The lowest BCUT2D eigenvalue weighted by atomic mass is 10.2. The number of anilines is 1. The fourth-order valence-electron chi connectivity index (χ4n) is 4.07. The van der Waals surface area contributed by atoms with E-state index < -0.39 is 0 Å². The molecule has 1 unspecified atom stereocenters. The smallest absolute Gasteiger partial charge is 0.290 e. The summed E-state index contributed by atoms with van der Waals surface area (Å²) in [5, 5.41) is 0.805. The number of hydrogen-bond donors (Lipinski definition) is 0. The Hall–Kier alpha value is -2.48. The van der Waals surface area contributed by atoms with E-state index in [4.69, 9.17) is 27.9 Å². The molecule has 0 amide bonds. The molecule has 0 bridgehead atoms. The van der Waals surface area contributed by atoms with Gasteiger partial charge in [0.15, 0.2) is 0 Å². The summed E-state index contributed by atoms with van der Waals surface area (Å²) < 4.78 is 22.0. The lowest BCUT2D eigenvalue weighted by molar-refractivity contribution is 0.218. The Balaban J connectivity index is 1.84. The number of hydrogen-bond acceptors (Lipinski definition) is 4. The van der Waals surface area contributed by atoms with Gasteiger partial charge in [-0.3, -0.25) is 14.4 Å². The zero-order valence-corrected chi connectivity index (χ0v) is 21.0. The van der Waals surface area contributed by atoms with Crippen LogP contribution in [0.2, 0.25) is 10.0 Å². The van der Waals surface area contributed by atoms with E-state index in [0.717, 1.165) is 24.5 Å². The Morgan fingerprint density at radius 3 is 2.39 bits per heavy atom. The van der Waals surface area contributed by atoms with Crippen LogP contribution in [0.4, 0.5) is 10.1 Å². The summed E-state index contributed by atoms with van der Waals surface area (Å²) in [7, 11) is 5.41. The van der Waals surface area contributed by atoms with Gasteiger partial charge in [-0.05, 0) is 55.9 Å². The van der Waals surface area contributed by atoms with Crippen molar-refractivity contribution in [1.29, 1.82) is 0 Å². The predicted molar refractivity (Wildman–Crippen MR) is 133 cm³/mol. The van der Waals surface area contributed by atoms with Crippen molar-refractivity contribution in [2.75, 3.05) is 38.7 Å². The van der Waals surface area contributed by atoms with Crippen LogP contribution in [0.1, 0.15) is 25.6 Å². The number of nitrogens with zero attached hydrogens (tertiary/aromatic N) is 4. The fraction of sp³-hybridized carbons (Fsp3) is 0.375. The second kappa shape index (κ2) is 10.6. The monoisotopic (exact) mass is 494 g/mol. The van der Waals surface area contributed by atoms with Gasteiger partial charge in [0.1, 0.15) is 16.6 Å². The van der Waals surface area contributed by atoms with E-state index in [0.29, 0.717) is 22.9 Å². The molecule has 1 atom stereocenters. The van der Waals surface area contributed by atoms with Gasteiger partial charge in [0.05, 0.1) is 30.2 Å². The number of aromatic nitrogens is 2. The molecule has 0 aliphatic carbocycles. The number of ether oxygens (including phenoxy) is 1. The van der Waals surface area contributed by atoms with Gasteiger partial charge in [-0.15, -0.1) is 0 Å². The highest BCUT2D eigenvalue weighted by Gasteiger charge is 2.26. The second-order valence-corrected chi connectivity index (χ2v) is 8.67. The highest BCUT2D eigenvalue weighted by atomic mass is 35.5. The maximum absolute atomic E-state index is 13.4. The van der Waals surface area contributed by atoms with Crippen LogP contribution in [0.5, 0.6) is 5.75 Å². The maximum atomic E-state index is 13.4. The van der Waals surface area contributed by atoms with E-state index in [1.54, 1.807) is 37.0 Å². The van der Waals surface area contributed by atoms with Crippen LogP contribution in [0.15, 0.2) is 47.3 Å². The van der Waals surface area contributed by atoms with Gasteiger partial charge in [-0.1, -0.05) is 30.1 Å². The first-order chi connectivity index (χ1) is 15.7. The Bertz CT molecular complexity index is 1160. The zero-order valence-electron chi connectivity index (χ0n) is 19.5. The highest BCUT2D eigenvalue weighted by molar-refractivity contribution is 6.31. The van der Waals surface area contributed by atoms with Crippen molar-refractivity contribution >= 4 is 28.9 Å². The summed E-state index contributed by atoms with van der Waals surface area (Å²) in [4.78, 5) is 17.3. The Kier molecular flexibility index (Phi) is 8.10. The normalized spacial score (nSPS) is 12.3. The van der Waals surface area contributed by atoms with Crippen LogP contribution in [0, 0.1) is 5.82 Å². The van der Waals surface area contributed by atoms with E-state index >= 15 is 0 Å².